The number of rotatable bonds is 5. The van der Waals surface area contributed by atoms with E-state index in [1.165, 1.54) is 0 Å². The molecular weight excluding hydrogens is 416 g/mol. The van der Waals surface area contributed by atoms with Gasteiger partial charge in [0.2, 0.25) is 23.5 Å². The number of likely N-dealkylation sites (tertiary alicyclic amines) is 2. The van der Waals surface area contributed by atoms with E-state index in [4.69, 9.17) is 16.1 Å². The van der Waals surface area contributed by atoms with Gasteiger partial charge in [0.15, 0.2) is 0 Å². The van der Waals surface area contributed by atoms with Crippen molar-refractivity contribution in [3.8, 4) is 11.4 Å². The highest BCUT2D eigenvalue weighted by Crippen LogP contribution is 2.30. The molecular formula is C23H29ClN4O3. The minimum Gasteiger partial charge on any atom is -0.342 e. The van der Waals surface area contributed by atoms with E-state index >= 15 is 0 Å². The maximum Gasteiger partial charge on any atom is 0.231 e. The summed E-state index contributed by atoms with van der Waals surface area (Å²) in [4.78, 5) is 33.9. The minimum atomic E-state index is -0.111. The molecule has 0 radical (unpaired) electrons. The summed E-state index contributed by atoms with van der Waals surface area (Å²) in [5.41, 5.74) is 0.849. The lowest BCUT2D eigenvalue weighted by Gasteiger charge is -2.37. The van der Waals surface area contributed by atoms with Crippen molar-refractivity contribution >= 4 is 23.4 Å². The fourth-order valence-corrected chi connectivity index (χ4v) is 4.66. The van der Waals surface area contributed by atoms with Crippen molar-refractivity contribution in [2.75, 3.05) is 26.2 Å². The molecule has 31 heavy (non-hydrogen) atoms. The SMILES string of the molecule is CCCC(=O)N1CCC[C@H](C(=O)N2CCC[C@@H](c3nc(-c4ccc(Cl)cc4)no3)C2)C1. The van der Waals surface area contributed by atoms with Crippen LogP contribution in [0.15, 0.2) is 28.8 Å². The quantitative estimate of drug-likeness (QED) is 0.692. The zero-order chi connectivity index (χ0) is 21.8. The third-order valence-electron chi connectivity index (χ3n) is 6.21. The first-order valence-electron chi connectivity index (χ1n) is 11.2. The van der Waals surface area contributed by atoms with Gasteiger partial charge >= 0.3 is 0 Å². The molecule has 7 nitrogen and oxygen atoms in total. The molecule has 166 valence electrons. The number of carbonyl (C=O) groups is 2. The zero-order valence-electron chi connectivity index (χ0n) is 17.9. The van der Waals surface area contributed by atoms with E-state index in [0.29, 0.717) is 36.2 Å². The maximum atomic E-state index is 13.2. The number of amides is 2. The van der Waals surface area contributed by atoms with Crippen LogP contribution in [0.3, 0.4) is 0 Å². The first kappa shape index (κ1) is 21.8. The lowest BCUT2D eigenvalue weighted by molar-refractivity contribution is -0.141. The van der Waals surface area contributed by atoms with Gasteiger partial charge in [0, 0.05) is 43.2 Å². The van der Waals surface area contributed by atoms with E-state index in [-0.39, 0.29) is 23.7 Å². The molecule has 0 saturated carbocycles. The van der Waals surface area contributed by atoms with Crippen molar-refractivity contribution in [1.29, 1.82) is 0 Å². The number of piperidine rings is 2. The van der Waals surface area contributed by atoms with Crippen molar-refractivity contribution in [3.05, 3.63) is 35.2 Å². The number of halogens is 1. The zero-order valence-corrected chi connectivity index (χ0v) is 18.7. The van der Waals surface area contributed by atoms with Gasteiger partial charge < -0.3 is 14.3 Å². The Bertz CT molecular complexity index is 914. The van der Waals surface area contributed by atoms with Crippen LogP contribution in [0.5, 0.6) is 0 Å². The molecule has 2 saturated heterocycles. The van der Waals surface area contributed by atoms with Gasteiger partial charge in [-0.2, -0.15) is 4.98 Å². The summed E-state index contributed by atoms with van der Waals surface area (Å²) in [6, 6.07) is 7.32. The molecule has 0 aliphatic carbocycles. The van der Waals surface area contributed by atoms with Crippen molar-refractivity contribution in [3.63, 3.8) is 0 Å². The topological polar surface area (TPSA) is 79.5 Å². The lowest BCUT2D eigenvalue weighted by Crippen LogP contribution is -2.48. The highest BCUT2D eigenvalue weighted by Gasteiger charge is 2.34. The molecule has 2 amide bonds. The number of hydrogen-bond donors (Lipinski definition) is 0. The van der Waals surface area contributed by atoms with Crippen LogP contribution in [0.1, 0.15) is 57.3 Å². The third-order valence-corrected chi connectivity index (χ3v) is 6.47. The Hall–Kier alpha value is -2.41. The van der Waals surface area contributed by atoms with E-state index in [1.54, 1.807) is 12.1 Å². The molecule has 0 N–H and O–H groups in total. The van der Waals surface area contributed by atoms with Crippen LogP contribution in [0.25, 0.3) is 11.4 Å². The second kappa shape index (κ2) is 9.81. The standard InChI is InChI=1S/C23H29ClN4O3/c1-2-5-20(29)27-12-4-7-18(15-27)23(30)28-13-3-6-17(14-28)22-25-21(26-31-22)16-8-10-19(24)11-9-16/h8-11,17-18H,2-7,12-15H2,1H3/t17-,18+/m1/s1. The van der Waals surface area contributed by atoms with Crippen LogP contribution in [0.4, 0.5) is 0 Å². The Morgan fingerprint density at radius 3 is 2.61 bits per heavy atom. The van der Waals surface area contributed by atoms with Crippen LogP contribution >= 0.6 is 11.6 Å². The van der Waals surface area contributed by atoms with Gasteiger partial charge in [0.1, 0.15) is 0 Å². The number of nitrogens with zero attached hydrogens (tertiary/aromatic N) is 4. The monoisotopic (exact) mass is 444 g/mol. The highest BCUT2D eigenvalue weighted by molar-refractivity contribution is 6.30. The van der Waals surface area contributed by atoms with Crippen LogP contribution in [0.2, 0.25) is 5.02 Å². The smallest absolute Gasteiger partial charge is 0.231 e. The van der Waals surface area contributed by atoms with Gasteiger partial charge in [-0.05, 0) is 56.4 Å². The van der Waals surface area contributed by atoms with E-state index in [2.05, 4.69) is 10.1 Å². The molecule has 2 aliphatic rings. The largest absolute Gasteiger partial charge is 0.342 e. The van der Waals surface area contributed by atoms with Gasteiger partial charge in [0.05, 0.1) is 11.8 Å². The van der Waals surface area contributed by atoms with Gasteiger partial charge in [-0.25, -0.2) is 0 Å². The van der Waals surface area contributed by atoms with Crippen LogP contribution in [-0.2, 0) is 9.59 Å². The molecule has 8 heteroatoms. The molecule has 3 heterocycles. The first-order chi connectivity index (χ1) is 15.0. The van der Waals surface area contributed by atoms with Crippen molar-refractivity contribution < 1.29 is 14.1 Å². The predicted molar refractivity (Wildman–Crippen MR) is 118 cm³/mol. The average molecular weight is 445 g/mol. The average Bonchev–Trinajstić information content (AvgIpc) is 3.30. The number of hydrogen-bond acceptors (Lipinski definition) is 5. The highest BCUT2D eigenvalue weighted by atomic mass is 35.5. The molecule has 2 aromatic rings. The Morgan fingerprint density at radius 2 is 1.84 bits per heavy atom. The van der Waals surface area contributed by atoms with E-state index in [9.17, 15) is 9.59 Å². The van der Waals surface area contributed by atoms with Gasteiger partial charge in [-0.1, -0.05) is 23.7 Å². The van der Waals surface area contributed by atoms with E-state index < -0.39 is 0 Å². The fourth-order valence-electron chi connectivity index (χ4n) is 4.53. The molecule has 4 rings (SSSR count). The Kier molecular flexibility index (Phi) is 6.90. The molecule has 1 aromatic carbocycles. The summed E-state index contributed by atoms with van der Waals surface area (Å²) in [7, 11) is 0. The summed E-state index contributed by atoms with van der Waals surface area (Å²) in [5, 5.41) is 4.78. The van der Waals surface area contributed by atoms with Crippen LogP contribution in [0, 0.1) is 5.92 Å². The summed E-state index contributed by atoms with van der Waals surface area (Å²) in [6.07, 6.45) is 4.94. The summed E-state index contributed by atoms with van der Waals surface area (Å²) >= 11 is 5.95. The van der Waals surface area contributed by atoms with Crippen LogP contribution < -0.4 is 0 Å². The predicted octanol–water partition coefficient (Wildman–Crippen LogP) is 4.13. The molecule has 0 spiro atoms. The van der Waals surface area contributed by atoms with Crippen LogP contribution in [-0.4, -0.2) is 57.9 Å². The number of aromatic nitrogens is 2. The van der Waals surface area contributed by atoms with Gasteiger partial charge in [-0.3, -0.25) is 9.59 Å². The van der Waals surface area contributed by atoms with Gasteiger partial charge in [0.25, 0.3) is 0 Å². The molecule has 0 unspecified atom stereocenters. The Labute approximate surface area is 187 Å². The molecule has 1 aromatic heterocycles. The lowest BCUT2D eigenvalue weighted by atomic mass is 9.92. The molecule has 2 fully saturated rings. The van der Waals surface area contributed by atoms with E-state index in [0.717, 1.165) is 50.8 Å². The Balaban J connectivity index is 1.40. The molecule has 2 atom stereocenters. The third kappa shape index (κ3) is 5.09. The fraction of sp³-hybridized carbons (Fsp3) is 0.565. The maximum absolute atomic E-state index is 13.2. The second-order valence-corrected chi connectivity index (χ2v) is 8.95. The first-order valence-corrected chi connectivity index (χ1v) is 11.6. The number of benzene rings is 1. The molecule has 2 aliphatic heterocycles. The minimum absolute atomic E-state index is 0.0349. The van der Waals surface area contributed by atoms with Crippen molar-refractivity contribution in [1.82, 2.24) is 19.9 Å². The summed E-state index contributed by atoms with van der Waals surface area (Å²) in [6.45, 7) is 4.64. The summed E-state index contributed by atoms with van der Waals surface area (Å²) < 4.78 is 5.55. The van der Waals surface area contributed by atoms with Crippen molar-refractivity contribution in [2.45, 2.75) is 51.4 Å². The Morgan fingerprint density at radius 1 is 1.10 bits per heavy atom. The van der Waals surface area contributed by atoms with Gasteiger partial charge in [-0.15, -0.1) is 0 Å². The van der Waals surface area contributed by atoms with Crippen molar-refractivity contribution in [2.24, 2.45) is 5.92 Å². The number of carbonyl (C=O) groups excluding carboxylic acids is 2. The normalized spacial score (nSPS) is 21.9. The molecule has 0 bridgehead atoms. The second-order valence-electron chi connectivity index (χ2n) is 8.52. The van der Waals surface area contributed by atoms with E-state index in [1.807, 2.05) is 28.9 Å². The summed E-state index contributed by atoms with van der Waals surface area (Å²) in [5.74, 6) is 1.35.